The van der Waals surface area contributed by atoms with Gasteiger partial charge >= 0.3 is 5.97 Å². The first kappa shape index (κ1) is 13.5. The van der Waals surface area contributed by atoms with Crippen LogP contribution in [0.15, 0.2) is 36.9 Å². The molecule has 0 aliphatic heterocycles. The van der Waals surface area contributed by atoms with E-state index >= 15 is 0 Å². The zero-order valence-corrected chi connectivity index (χ0v) is 10.4. The van der Waals surface area contributed by atoms with Crippen molar-refractivity contribution < 1.29 is 14.8 Å². The highest BCUT2D eigenvalue weighted by atomic mass is 16.6. The Labute approximate surface area is 113 Å². The molecular weight excluding hydrogens is 264 g/mol. The van der Waals surface area contributed by atoms with Gasteiger partial charge in [0.15, 0.2) is 0 Å². The number of aromatic carboxylic acids is 1. The van der Waals surface area contributed by atoms with Crippen molar-refractivity contribution in [3.8, 4) is 0 Å². The minimum absolute atomic E-state index is 0.121. The van der Waals surface area contributed by atoms with Crippen molar-refractivity contribution in [2.24, 2.45) is 0 Å². The smallest absolute Gasteiger partial charge is 0.338 e. The Hall–Kier alpha value is -2.90. The number of nitro benzene ring substituents is 1. The summed E-state index contributed by atoms with van der Waals surface area (Å²) >= 11 is 0. The lowest BCUT2D eigenvalue weighted by Gasteiger charge is -2.09. The Morgan fingerprint density at radius 1 is 1.50 bits per heavy atom. The summed E-state index contributed by atoms with van der Waals surface area (Å²) < 4.78 is 1.83. The maximum atomic E-state index is 11.1. The number of benzene rings is 1. The summed E-state index contributed by atoms with van der Waals surface area (Å²) in [7, 11) is 0. The van der Waals surface area contributed by atoms with Gasteiger partial charge in [0.05, 0.1) is 16.8 Å². The molecule has 0 amide bonds. The number of non-ortho nitro benzene ring substituents is 1. The number of aromatic nitrogens is 2. The average molecular weight is 276 g/mol. The molecule has 2 rings (SSSR count). The molecule has 2 aromatic rings. The van der Waals surface area contributed by atoms with Gasteiger partial charge in [0.1, 0.15) is 0 Å². The lowest BCUT2D eigenvalue weighted by molar-refractivity contribution is -0.384. The molecule has 8 nitrogen and oxygen atoms in total. The number of nitrogens with one attached hydrogen (secondary N) is 1. The van der Waals surface area contributed by atoms with E-state index in [0.29, 0.717) is 18.8 Å². The Kier molecular flexibility index (Phi) is 3.94. The van der Waals surface area contributed by atoms with Crippen molar-refractivity contribution in [2.75, 3.05) is 11.9 Å². The summed E-state index contributed by atoms with van der Waals surface area (Å²) in [6.45, 7) is 1.09. The number of rotatable bonds is 6. The number of hydrogen-bond donors (Lipinski definition) is 2. The fourth-order valence-corrected chi connectivity index (χ4v) is 1.72. The third kappa shape index (κ3) is 3.10. The minimum Gasteiger partial charge on any atom is -0.478 e. The average Bonchev–Trinajstić information content (AvgIpc) is 2.91. The number of hydrogen-bond acceptors (Lipinski definition) is 5. The third-order valence-electron chi connectivity index (χ3n) is 2.69. The number of nitro groups is 1. The molecule has 1 aromatic carbocycles. The first-order valence-electron chi connectivity index (χ1n) is 5.79. The normalized spacial score (nSPS) is 10.2. The van der Waals surface area contributed by atoms with Gasteiger partial charge in [0.2, 0.25) is 0 Å². The number of carboxylic acid groups (broad SMARTS) is 1. The molecule has 0 aliphatic rings. The van der Waals surface area contributed by atoms with Gasteiger partial charge in [-0.3, -0.25) is 10.1 Å². The van der Waals surface area contributed by atoms with Crippen molar-refractivity contribution in [2.45, 2.75) is 6.54 Å². The van der Waals surface area contributed by atoms with E-state index in [0.717, 1.165) is 6.07 Å². The zero-order chi connectivity index (χ0) is 14.5. The summed E-state index contributed by atoms with van der Waals surface area (Å²) in [5, 5.41) is 22.7. The summed E-state index contributed by atoms with van der Waals surface area (Å²) in [6.07, 6.45) is 5.08. The van der Waals surface area contributed by atoms with E-state index in [4.69, 9.17) is 5.11 Å². The maximum absolute atomic E-state index is 11.1. The van der Waals surface area contributed by atoms with Gasteiger partial charge in [0, 0.05) is 43.3 Å². The van der Waals surface area contributed by atoms with E-state index < -0.39 is 10.9 Å². The summed E-state index contributed by atoms with van der Waals surface area (Å²) in [6, 6.07) is 3.71. The van der Waals surface area contributed by atoms with Crippen LogP contribution in [0.4, 0.5) is 11.4 Å². The van der Waals surface area contributed by atoms with E-state index in [1.165, 1.54) is 12.1 Å². The lowest BCUT2D eigenvalue weighted by Crippen LogP contribution is -2.12. The molecule has 104 valence electrons. The monoisotopic (exact) mass is 276 g/mol. The Bertz CT molecular complexity index is 624. The van der Waals surface area contributed by atoms with Gasteiger partial charge in [-0.2, -0.15) is 0 Å². The number of carboxylic acids is 1. The summed E-state index contributed by atoms with van der Waals surface area (Å²) in [4.78, 5) is 25.0. The van der Waals surface area contributed by atoms with Crippen LogP contribution in [0.5, 0.6) is 0 Å². The van der Waals surface area contributed by atoms with Gasteiger partial charge < -0.3 is 15.0 Å². The van der Waals surface area contributed by atoms with Crippen molar-refractivity contribution >= 4 is 17.3 Å². The van der Waals surface area contributed by atoms with Gasteiger partial charge in [-0.25, -0.2) is 9.78 Å². The highest BCUT2D eigenvalue weighted by molar-refractivity contribution is 5.95. The Morgan fingerprint density at radius 2 is 2.30 bits per heavy atom. The molecule has 0 saturated carbocycles. The maximum Gasteiger partial charge on any atom is 0.338 e. The van der Waals surface area contributed by atoms with Crippen LogP contribution >= 0.6 is 0 Å². The van der Waals surface area contributed by atoms with Crippen LogP contribution in [0, 0.1) is 10.1 Å². The quantitative estimate of drug-likeness (QED) is 0.612. The number of imidazole rings is 1. The fraction of sp³-hybridized carbons (Fsp3) is 0.167. The molecular formula is C12H12N4O4. The second kappa shape index (κ2) is 5.83. The Balaban J connectivity index is 2.10. The molecule has 0 aliphatic carbocycles. The van der Waals surface area contributed by atoms with Gasteiger partial charge in [-0.15, -0.1) is 0 Å². The first-order valence-corrected chi connectivity index (χ1v) is 5.79. The molecule has 0 spiro atoms. The van der Waals surface area contributed by atoms with Gasteiger partial charge in [-0.1, -0.05) is 0 Å². The van der Waals surface area contributed by atoms with Crippen LogP contribution in [-0.2, 0) is 6.54 Å². The summed E-state index contributed by atoms with van der Waals surface area (Å²) in [5.41, 5.74) is -0.0180. The molecule has 0 radical (unpaired) electrons. The van der Waals surface area contributed by atoms with Crippen LogP contribution in [0.1, 0.15) is 10.4 Å². The molecule has 2 N–H and O–H groups in total. The SMILES string of the molecule is O=C(O)c1cc([N+](=O)[O-])ccc1NCCn1ccnc1. The molecule has 8 heteroatoms. The van der Waals surface area contributed by atoms with E-state index in [2.05, 4.69) is 10.3 Å². The predicted octanol–water partition coefficient (Wildman–Crippen LogP) is 1.60. The Morgan fingerprint density at radius 3 is 2.90 bits per heavy atom. The largest absolute Gasteiger partial charge is 0.478 e. The number of nitrogens with zero attached hydrogens (tertiary/aromatic N) is 3. The van der Waals surface area contributed by atoms with Crippen LogP contribution in [0.3, 0.4) is 0 Å². The van der Waals surface area contributed by atoms with E-state index in [9.17, 15) is 14.9 Å². The van der Waals surface area contributed by atoms with Gasteiger partial charge in [-0.05, 0) is 6.07 Å². The minimum atomic E-state index is -1.21. The van der Waals surface area contributed by atoms with Crippen LogP contribution < -0.4 is 5.32 Å². The summed E-state index contributed by atoms with van der Waals surface area (Å²) in [5.74, 6) is -1.21. The standard InChI is InChI=1S/C12H12N4O4/c17-12(18)10-7-9(16(19)20)1-2-11(10)14-4-6-15-5-3-13-8-15/h1-3,5,7-8,14H,4,6H2,(H,17,18). The van der Waals surface area contributed by atoms with Crippen LogP contribution in [-0.4, -0.2) is 32.1 Å². The fourth-order valence-electron chi connectivity index (χ4n) is 1.72. The van der Waals surface area contributed by atoms with Crippen LogP contribution in [0.25, 0.3) is 0 Å². The van der Waals surface area contributed by atoms with Crippen molar-refractivity contribution in [3.05, 3.63) is 52.6 Å². The highest BCUT2D eigenvalue weighted by Crippen LogP contribution is 2.22. The third-order valence-corrected chi connectivity index (χ3v) is 2.69. The molecule has 0 bridgehead atoms. The van der Waals surface area contributed by atoms with E-state index in [-0.39, 0.29) is 11.3 Å². The topological polar surface area (TPSA) is 110 Å². The second-order valence-electron chi connectivity index (χ2n) is 4.02. The van der Waals surface area contributed by atoms with E-state index in [1.807, 2.05) is 4.57 Å². The molecule has 20 heavy (non-hydrogen) atoms. The second-order valence-corrected chi connectivity index (χ2v) is 4.02. The predicted molar refractivity (Wildman–Crippen MR) is 70.8 cm³/mol. The highest BCUT2D eigenvalue weighted by Gasteiger charge is 2.15. The van der Waals surface area contributed by atoms with Crippen molar-refractivity contribution in [3.63, 3.8) is 0 Å². The lowest BCUT2D eigenvalue weighted by atomic mass is 10.1. The number of anilines is 1. The molecule has 0 saturated heterocycles. The molecule has 0 unspecified atom stereocenters. The zero-order valence-electron chi connectivity index (χ0n) is 10.4. The van der Waals surface area contributed by atoms with Crippen molar-refractivity contribution in [1.29, 1.82) is 0 Å². The van der Waals surface area contributed by atoms with E-state index in [1.54, 1.807) is 18.7 Å². The molecule has 0 fully saturated rings. The number of carbonyl (C=O) groups is 1. The molecule has 0 atom stereocenters. The van der Waals surface area contributed by atoms with Crippen molar-refractivity contribution in [1.82, 2.24) is 9.55 Å². The first-order chi connectivity index (χ1) is 9.58. The van der Waals surface area contributed by atoms with Crippen LogP contribution in [0.2, 0.25) is 0 Å². The molecule has 1 heterocycles. The van der Waals surface area contributed by atoms with Gasteiger partial charge in [0.25, 0.3) is 5.69 Å². The molecule has 1 aromatic heterocycles.